The van der Waals surface area contributed by atoms with Crippen molar-refractivity contribution in [1.29, 1.82) is 0 Å². The van der Waals surface area contributed by atoms with Crippen LogP contribution in [-0.2, 0) is 6.54 Å². The van der Waals surface area contributed by atoms with Gasteiger partial charge in [-0.3, -0.25) is 4.40 Å². The van der Waals surface area contributed by atoms with E-state index in [1.807, 2.05) is 16.0 Å². The molecule has 0 saturated carbocycles. The Morgan fingerprint density at radius 2 is 2.47 bits per heavy atom. The van der Waals surface area contributed by atoms with Crippen LogP contribution in [0.1, 0.15) is 5.69 Å². The fraction of sp³-hybridized carbons (Fsp3) is 0.222. The van der Waals surface area contributed by atoms with Crippen LogP contribution in [0, 0.1) is 0 Å². The van der Waals surface area contributed by atoms with Crippen molar-refractivity contribution in [3.63, 3.8) is 0 Å². The molecule has 0 aromatic carbocycles. The van der Waals surface area contributed by atoms with Gasteiger partial charge in [0.1, 0.15) is 0 Å². The summed E-state index contributed by atoms with van der Waals surface area (Å²) in [4.78, 5) is 5.13. The lowest BCUT2D eigenvalue weighted by molar-refractivity contribution is 0.731. The van der Waals surface area contributed by atoms with E-state index in [0.717, 1.165) is 10.7 Å². The molecule has 2 aromatic rings. The van der Waals surface area contributed by atoms with Gasteiger partial charge in [0.15, 0.2) is 10.1 Å². The minimum absolute atomic E-state index is 0.537. The van der Waals surface area contributed by atoms with Crippen LogP contribution in [0.4, 0.5) is 0 Å². The highest BCUT2D eigenvalue weighted by atomic mass is 35.5. The zero-order chi connectivity index (χ0) is 10.8. The van der Waals surface area contributed by atoms with Crippen molar-refractivity contribution in [3.05, 3.63) is 34.0 Å². The molecule has 0 unspecified atom stereocenters. The number of fused-ring (bicyclic) bond motifs is 1. The summed E-state index contributed by atoms with van der Waals surface area (Å²) in [6.07, 6.45) is 1.95. The number of aromatic nitrogens is 2. The third-order valence-electron chi connectivity index (χ3n) is 1.92. The molecule has 3 nitrogen and oxygen atoms in total. The zero-order valence-electron chi connectivity index (χ0n) is 7.83. The molecule has 0 amide bonds. The Morgan fingerprint density at radius 3 is 3.20 bits per heavy atom. The number of hydrogen-bond acceptors (Lipinski definition) is 3. The largest absolute Gasteiger partial charge is 0.306 e. The summed E-state index contributed by atoms with van der Waals surface area (Å²) in [5, 5.41) is 6.23. The van der Waals surface area contributed by atoms with E-state index in [0.29, 0.717) is 23.3 Å². The van der Waals surface area contributed by atoms with Crippen molar-refractivity contribution in [2.45, 2.75) is 6.54 Å². The summed E-state index contributed by atoms with van der Waals surface area (Å²) >= 11 is 13.2. The van der Waals surface area contributed by atoms with Gasteiger partial charge < -0.3 is 5.32 Å². The normalized spacial score (nSPS) is 11.1. The first kappa shape index (κ1) is 11.0. The molecule has 2 aromatic heterocycles. The van der Waals surface area contributed by atoms with Crippen LogP contribution >= 0.6 is 34.5 Å². The fourth-order valence-electron chi connectivity index (χ4n) is 1.28. The summed E-state index contributed by atoms with van der Waals surface area (Å²) in [5.41, 5.74) is 0.950. The molecular formula is C9H9Cl2N3S. The van der Waals surface area contributed by atoms with Gasteiger partial charge in [-0.1, -0.05) is 29.8 Å². The molecule has 0 fully saturated rings. The first-order chi connectivity index (χ1) is 7.18. The van der Waals surface area contributed by atoms with Gasteiger partial charge in [-0.2, -0.15) is 0 Å². The van der Waals surface area contributed by atoms with E-state index in [9.17, 15) is 0 Å². The summed E-state index contributed by atoms with van der Waals surface area (Å²) < 4.78 is 1.97. The average Bonchev–Trinajstić information content (AvgIpc) is 2.68. The summed E-state index contributed by atoms with van der Waals surface area (Å²) in [7, 11) is 0. The van der Waals surface area contributed by atoms with Crippen LogP contribution in [0.5, 0.6) is 0 Å². The number of rotatable bonds is 4. The summed E-state index contributed by atoms with van der Waals surface area (Å²) in [6.45, 7) is 4.79. The van der Waals surface area contributed by atoms with Crippen molar-refractivity contribution in [3.8, 4) is 0 Å². The van der Waals surface area contributed by atoms with E-state index in [1.54, 1.807) is 11.3 Å². The maximum atomic E-state index is 6.00. The topological polar surface area (TPSA) is 29.3 Å². The smallest absolute Gasteiger partial charge is 0.195 e. The monoisotopic (exact) mass is 261 g/mol. The lowest BCUT2D eigenvalue weighted by Crippen LogP contribution is -2.15. The predicted molar refractivity (Wildman–Crippen MR) is 64.8 cm³/mol. The van der Waals surface area contributed by atoms with E-state index in [-0.39, 0.29) is 0 Å². The SMILES string of the molecule is C=C(Cl)CNCc1c(Cl)nc2sccn12. The minimum Gasteiger partial charge on any atom is -0.306 e. The Morgan fingerprint density at radius 1 is 1.67 bits per heavy atom. The third kappa shape index (κ3) is 2.34. The van der Waals surface area contributed by atoms with Crippen molar-refractivity contribution in [2.75, 3.05) is 6.54 Å². The van der Waals surface area contributed by atoms with Crippen LogP contribution < -0.4 is 5.32 Å². The molecule has 0 aliphatic rings. The number of thiazole rings is 1. The standard InChI is InChI=1S/C9H9Cl2N3S/c1-6(10)4-12-5-7-8(11)13-9-14(7)2-3-15-9/h2-3,12H,1,4-5H2. The third-order valence-corrected chi connectivity index (χ3v) is 3.11. The van der Waals surface area contributed by atoms with E-state index in [1.165, 1.54) is 0 Å². The second-order valence-corrected chi connectivity index (χ2v) is 4.79. The zero-order valence-corrected chi connectivity index (χ0v) is 10.2. The Bertz CT molecular complexity index is 488. The second-order valence-electron chi connectivity index (χ2n) is 3.03. The molecule has 0 atom stereocenters. The van der Waals surface area contributed by atoms with E-state index in [4.69, 9.17) is 23.2 Å². The number of halogens is 2. The maximum absolute atomic E-state index is 6.00. The molecule has 0 aliphatic carbocycles. The van der Waals surface area contributed by atoms with Gasteiger partial charge in [0.05, 0.1) is 5.69 Å². The quantitative estimate of drug-likeness (QED) is 0.918. The molecule has 2 heterocycles. The number of nitrogens with zero attached hydrogens (tertiary/aromatic N) is 2. The van der Waals surface area contributed by atoms with Crippen molar-refractivity contribution < 1.29 is 0 Å². The van der Waals surface area contributed by atoms with Gasteiger partial charge in [0.25, 0.3) is 0 Å². The van der Waals surface area contributed by atoms with E-state index >= 15 is 0 Å². The van der Waals surface area contributed by atoms with Crippen LogP contribution in [0.25, 0.3) is 4.96 Å². The molecule has 80 valence electrons. The molecule has 2 rings (SSSR count). The highest BCUT2D eigenvalue weighted by Gasteiger charge is 2.10. The Kier molecular flexibility index (Phi) is 3.31. The lowest BCUT2D eigenvalue weighted by Gasteiger charge is -2.02. The molecule has 0 bridgehead atoms. The minimum atomic E-state index is 0.537. The lowest BCUT2D eigenvalue weighted by atomic mass is 10.4. The van der Waals surface area contributed by atoms with Gasteiger partial charge in [-0.05, 0) is 0 Å². The van der Waals surface area contributed by atoms with Gasteiger partial charge >= 0.3 is 0 Å². The molecule has 0 spiro atoms. The highest BCUT2D eigenvalue weighted by molar-refractivity contribution is 7.15. The Balaban J connectivity index is 2.15. The van der Waals surface area contributed by atoms with Crippen LogP contribution in [0.15, 0.2) is 23.2 Å². The van der Waals surface area contributed by atoms with Gasteiger partial charge in [0, 0.05) is 29.7 Å². The molecular weight excluding hydrogens is 253 g/mol. The highest BCUT2D eigenvalue weighted by Crippen LogP contribution is 2.20. The first-order valence-electron chi connectivity index (χ1n) is 4.32. The maximum Gasteiger partial charge on any atom is 0.195 e. The van der Waals surface area contributed by atoms with Crippen molar-refractivity contribution in [2.24, 2.45) is 0 Å². The van der Waals surface area contributed by atoms with E-state index in [2.05, 4.69) is 16.9 Å². The fourth-order valence-corrected chi connectivity index (χ4v) is 2.40. The molecule has 0 radical (unpaired) electrons. The van der Waals surface area contributed by atoms with Gasteiger partial charge in [0.2, 0.25) is 0 Å². The van der Waals surface area contributed by atoms with Crippen LogP contribution in [0.2, 0.25) is 5.15 Å². The van der Waals surface area contributed by atoms with Crippen molar-refractivity contribution >= 4 is 39.5 Å². The summed E-state index contributed by atoms with van der Waals surface area (Å²) in [6, 6.07) is 0. The van der Waals surface area contributed by atoms with Crippen LogP contribution in [-0.4, -0.2) is 15.9 Å². The Hall–Kier alpha value is -0.550. The number of hydrogen-bond donors (Lipinski definition) is 1. The van der Waals surface area contributed by atoms with Gasteiger partial charge in [-0.25, -0.2) is 4.98 Å². The number of imidazole rings is 1. The summed E-state index contributed by atoms with van der Waals surface area (Å²) in [5.74, 6) is 0. The first-order valence-corrected chi connectivity index (χ1v) is 5.96. The second kappa shape index (κ2) is 4.53. The average molecular weight is 262 g/mol. The molecule has 0 aliphatic heterocycles. The molecule has 6 heteroatoms. The predicted octanol–water partition coefficient (Wildman–Crippen LogP) is 2.89. The molecule has 0 saturated heterocycles. The van der Waals surface area contributed by atoms with Crippen LogP contribution in [0.3, 0.4) is 0 Å². The molecule has 15 heavy (non-hydrogen) atoms. The Labute approximate surface area is 101 Å². The molecule has 1 N–H and O–H groups in total. The van der Waals surface area contributed by atoms with E-state index < -0.39 is 0 Å². The number of nitrogens with one attached hydrogen (secondary N) is 1. The van der Waals surface area contributed by atoms with Crippen molar-refractivity contribution in [1.82, 2.24) is 14.7 Å². The van der Waals surface area contributed by atoms with Gasteiger partial charge in [-0.15, -0.1) is 11.3 Å².